The number of nitrogens with two attached hydrogens (primary N) is 1. The van der Waals surface area contributed by atoms with Gasteiger partial charge in [0.2, 0.25) is 5.95 Å². The molecule has 2 N–H and O–H groups in total. The monoisotopic (exact) mass is 295 g/mol. The molecule has 0 spiro atoms. The lowest BCUT2D eigenvalue weighted by atomic mass is 10.2. The number of hydrogen-bond acceptors (Lipinski definition) is 2. The highest BCUT2D eigenvalue weighted by Gasteiger charge is 2.13. The van der Waals surface area contributed by atoms with Crippen molar-refractivity contribution in [3.8, 4) is 5.69 Å². The van der Waals surface area contributed by atoms with Crippen LogP contribution in [-0.2, 0) is 0 Å². The van der Waals surface area contributed by atoms with Gasteiger partial charge in [-0.1, -0.05) is 29.3 Å². The highest BCUT2D eigenvalue weighted by molar-refractivity contribution is 6.35. The van der Waals surface area contributed by atoms with Crippen LogP contribution < -0.4 is 5.73 Å². The van der Waals surface area contributed by atoms with Crippen molar-refractivity contribution in [2.75, 3.05) is 5.73 Å². The van der Waals surface area contributed by atoms with Crippen LogP contribution in [0.1, 0.15) is 0 Å². The van der Waals surface area contributed by atoms with E-state index in [2.05, 4.69) is 4.98 Å². The maximum Gasteiger partial charge on any atom is 0.205 e. The molecule has 1 heterocycles. The number of benzene rings is 2. The van der Waals surface area contributed by atoms with Crippen LogP contribution in [0.3, 0.4) is 0 Å². The quantitative estimate of drug-likeness (QED) is 0.736. The summed E-state index contributed by atoms with van der Waals surface area (Å²) >= 11 is 11.7. The van der Waals surface area contributed by atoms with Gasteiger partial charge in [-0.15, -0.1) is 0 Å². The third kappa shape index (κ3) is 1.93. The van der Waals surface area contributed by atoms with Crippen molar-refractivity contribution in [3.05, 3.63) is 52.3 Å². The Labute approximate surface area is 118 Å². The molecule has 3 rings (SSSR count). The standard InChI is InChI=1S/C13H8Cl2FN3/c14-8-5-4-7(6-10(8)16)19-11-3-1-2-9(15)12(11)18-13(19)17/h1-6H,(H2,17,18). The van der Waals surface area contributed by atoms with Crippen molar-refractivity contribution in [1.82, 2.24) is 9.55 Å². The zero-order valence-corrected chi connectivity index (χ0v) is 11.1. The Balaban J connectivity index is 2.33. The van der Waals surface area contributed by atoms with Crippen molar-refractivity contribution in [2.24, 2.45) is 0 Å². The molecule has 19 heavy (non-hydrogen) atoms. The predicted octanol–water partition coefficient (Wildman–Crippen LogP) is 4.05. The Morgan fingerprint density at radius 2 is 1.89 bits per heavy atom. The van der Waals surface area contributed by atoms with Crippen molar-refractivity contribution in [1.29, 1.82) is 0 Å². The fraction of sp³-hybridized carbons (Fsp3) is 0. The third-order valence-corrected chi connectivity index (χ3v) is 3.43. The molecule has 0 aliphatic rings. The van der Waals surface area contributed by atoms with Crippen LogP contribution in [0.5, 0.6) is 0 Å². The third-order valence-electron chi connectivity index (χ3n) is 2.82. The SMILES string of the molecule is Nc1nc2c(Cl)cccc2n1-c1ccc(Cl)c(F)c1. The fourth-order valence-electron chi connectivity index (χ4n) is 1.98. The molecule has 0 saturated carbocycles. The number of aromatic nitrogens is 2. The molecule has 0 atom stereocenters. The van der Waals surface area contributed by atoms with Gasteiger partial charge < -0.3 is 5.73 Å². The van der Waals surface area contributed by atoms with Gasteiger partial charge in [0, 0.05) is 0 Å². The van der Waals surface area contributed by atoms with Gasteiger partial charge in [0.25, 0.3) is 0 Å². The Morgan fingerprint density at radius 3 is 2.63 bits per heavy atom. The maximum absolute atomic E-state index is 13.5. The molecule has 0 fully saturated rings. The second-order valence-corrected chi connectivity index (χ2v) is 4.83. The number of anilines is 1. The molecule has 1 aromatic heterocycles. The Bertz CT molecular complexity index is 783. The number of fused-ring (bicyclic) bond motifs is 1. The van der Waals surface area contributed by atoms with Gasteiger partial charge in [0.05, 0.1) is 21.2 Å². The summed E-state index contributed by atoms with van der Waals surface area (Å²) in [6.45, 7) is 0. The van der Waals surface area contributed by atoms with Crippen LogP contribution in [0, 0.1) is 5.82 Å². The molecule has 0 saturated heterocycles. The lowest BCUT2D eigenvalue weighted by Gasteiger charge is -2.07. The Hall–Kier alpha value is -1.78. The minimum Gasteiger partial charge on any atom is -0.369 e. The molecule has 0 amide bonds. The minimum atomic E-state index is -0.512. The van der Waals surface area contributed by atoms with Crippen molar-refractivity contribution < 1.29 is 4.39 Å². The highest BCUT2D eigenvalue weighted by Crippen LogP contribution is 2.29. The van der Waals surface area contributed by atoms with E-state index in [4.69, 9.17) is 28.9 Å². The molecule has 0 radical (unpaired) electrons. The van der Waals surface area contributed by atoms with Crippen LogP contribution >= 0.6 is 23.2 Å². The molecule has 0 aliphatic carbocycles. The molecular formula is C13H8Cl2FN3. The summed E-state index contributed by atoms with van der Waals surface area (Å²) in [4.78, 5) is 4.19. The fourth-order valence-corrected chi connectivity index (χ4v) is 2.31. The minimum absolute atomic E-state index is 0.0600. The Kier molecular flexibility index (Phi) is 2.84. The van der Waals surface area contributed by atoms with Crippen LogP contribution in [0.2, 0.25) is 10.0 Å². The van der Waals surface area contributed by atoms with Crippen LogP contribution in [0.15, 0.2) is 36.4 Å². The summed E-state index contributed by atoms with van der Waals surface area (Å²) in [5.74, 6) is -0.271. The van der Waals surface area contributed by atoms with E-state index < -0.39 is 5.82 Å². The summed E-state index contributed by atoms with van der Waals surface area (Å²) < 4.78 is 15.2. The number of nitrogens with zero attached hydrogens (tertiary/aromatic N) is 2. The van der Waals surface area contributed by atoms with E-state index in [1.807, 2.05) is 6.07 Å². The molecule has 3 aromatic rings. The van der Waals surface area contributed by atoms with E-state index in [9.17, 15) is 4.39 Å². The smallest absolute Gasteiger partial charge is 0.205 e. The lowest BCUT2D eigenvalue weighted by Crippen LogP contribution is -2.01. The summed E-state index contributed by atoms with van der Waals surface area (Å²) in [6, 6.07) is 9.78. The van der Waals surface area contributed by atoms with Crippen LogP contribution in [0.25, 0.3) is 16.7 Å². The largest absolute Gasteiger partial charge is 0.369 e. The van der Waals surface area contributed by atoms with E-state index >= 15 is 0 Å². The predicted molar refractivity (Wildman–Crippen MR) is 75.5 cm³/mol. The second-order valence-electron chi connectivity index (χ2n) is 4.01. The first-order valence-electron chi connectivity index (χ1n) is 5.46. The number of hydrogen-bond donors (Lipinski definition) is 1. The van der Waals surface area contributed by atoms with E-state index in [-0.39, 0.29) is 11.0 Å². The van der Waals surface area contributed by atoms with Crippen molar-refractivity contribution in [2.45, 2.75) is 0 Å². The van der Waals surface area contributed by atoms with E-state index in [0.29, 0.717) is 21.7 Å². The number of halogens is 3. The van der Waals surface area contributed by atoms with Gasteiger partial charge in [-0.2, -0.15) is 0 Å². The van der Waals surface area contributed by atoms with Gasteiger partial charge >= 0.3 is 0 Å². The number of rotatable bonds is 1. The van der Waals surface area contributed by atoms with Gasteiger partial charge in [0.15, 0.2) is 0 Å². The number of imidazole rings is 1. The number of nitrogen functional groups attached to an aromatic ring is 1. The van der Waals surface area contributed by atoms with Gasteiger partial charge in [-0.25, -0.2) is 9.37 Å². The molecule has 0 unspecified atom stereocenters. The van der Waals surface area contributed by atoms with Gasteiger partial charge in [-0.3, -0.25) is 4.57 Å². The summed E-state index contributed by atoms with van der Waals surface area (Å²) in [5.41, 5.74) is 7.72. The highest BCUT2D eigenvalue weighted by atomic mass is 35.5. The van der Waals surface area contributed by atoms with Gasteiger partial charge in [0.1, 0.15) is 11.3 Å². The van der Waals surface area contributed by atoms with Crippen LogP contribution in [0.4, 0.5) is 10.3 Å². The van der Waals surface area contributed by atoms with Gasteiger partial charge in [-0.05, 0) is 30.3 Å². The second kappa shape index (κ2) is 4.40. The first kappa shape index (κ1) is 12.3. The summed E-state index contributed by atoms with van der Waals surface area (Å²) in [6.07, 6.45) is 0. The molecule has 96 valence electrons. The summed E-state index contributed by atoms with van der Waals surface area (Å²) in [5, 5.41) is 0.558. The zero-order valence-electron chi connectivity index (χ0n) is 9.57. The molecule has 0 bridgehead atoms. The molecular weight excluding hydrogens is 288 g/mol. The van der Waals surface area contributed by atoms with Crippen molar-refractivity contribution in [3.63, 3.8) is 0 Å². The maximum atomic E-state index is 13.5. The molecule has 6 heteroatoms. The topological polar surface area (TPSA) is 43.8 Å². The van der Waals surface area contributed by atoms with E-state index in [0.717, 1.165) is 0 Å². The molecule has 0 aliphatic heterocycles. The molecule has 2 aromatic carbocycles. The lowest BCUT2D eigenvalue weighted by molar-refractivity contribution is 0.627. The first-order chi connectivity index (χ1) is 9.08. The van der Waals surface area contributed by atoms with Crippen molar-refractivity contribution >= 4 is 40.2 Å². The normalized spacial score (nSPS) is 11.1. The molecule has 3 nitrogen and oxygen atoms in total. The first-order valence-corrected chi connectivity index (χ1v) is 6.21. The van der Waals surface area contributed by atoms with Crippen LogP contribution in [-0.4, -0.2) is 9.55 Å². The van der Waals surface area contributed by atoms with E-state index in [1.165, 1.54) is 12.1 Å². The van der Waals surface area contributed by atoms with E-state index in [1.54, 1.807) is 22.8 Å². The Morgan fingerprint density at radius 1 is 1.11 bits per heavy atom. The average Bonchev–Trinajstić information content (AvgIpc) is 2.71. The summed E-state index contributed by atoms with van der Waals surface area (Å²) in [7, 11) is 0. The number of para-hydroxylation sites is 1. The average molecular weight is 296 g/mol. The zero-order chi connectivity index (χ0) is 13.6.